The maximum absolute atomic E-state index is 13.1. The lowest BCUT2D eigenvalue weighted by molar-refractivity contribution is -0.0876. The van der Waals surface area contributed by atoms with Crippen molar-refractivity contribution in [2.24, 2.45) is 0 Å². The monoisotopic (exact) mass is 300 g/mol. The van der Waals surface area contributed by atoms with E-state index in [1.165, 1.54) is 0 Å². The zero-order valence-electron chi connectivity index (χ0n) is 8.83. The Morgan fingerprint density at radius 2 is 2.06 bits per heavy atom. The van der Waals surface area contributed by atoms with Gasteiger partial charge >= 0.3 is 0 Å². The average Bonchev–Trinajstić information content (AvgIpc) is 2.18. The van der Waals surface area contributed by atoms with Gasteiger partial charge in [0.1, 0.15) is 4.90 Å². The van der Waals surface area contributed by atoms with E-state index in [9.17, 15) is 21.6 Å². The fourth-order valence-corrected chi connectivity index (χ4v) is 2.88. The molecule has 1 aliphatic rings. The summed E-state index contributed by atoms with van der Waals surface area (Å²) in [6.07, 6.45) is -0.254. The Labute approximate surface area is 106 Å². The predicted octanol–water partition coefficient (Wildman–Crippen LogP) is 1.95. The van der Waals surface area contributed by atoms with Crippen molar-refractivity contribution in [3.8, 4) is 0 Å². The van der Waals surface area contributed by atoms with Gasteiger partial charge in [-0.15, -0.1) is 0 Å². The summed E-state index contributed by atoms with van der Waals surface area (Å²) in [5.74, 6) is -3.82. The predicted molar refractivity (Wildman–Crippen MR) is 57.5 cm³/mol. The molecule has 1 heterocycles. The Bertz CT molecular complexity index is 571. The number of aromatic nitrogens is 1. The number of nitrogens with one attached hydrogen (secondary N) is 1. The van der Waals surface area contributed by atoms with Gasteiger partial charge in [-0.3, -0.25) is 0 Å². The van der Waals surface area contributed by atoms with Gasteiger partial charge in [-0.1, -0.05) is 11.6 Å². The first-order chi connectivity index (χ1) is 8.20. The minimum absolute atomic E-state index is 0.445. The van der Waals surface area contributed by atoms with E-state index in [1.54, 1.807) is 0 Å². The highest BCUT2D eigenvalue weighted by molar-refractivity contribution is 7.89. The van der Waals surface area contributed by atoms with E-state index >= 15 is 0 Å². The Kier molecular flexibility index (Phi) is 3.28. The Morgan fingerprint density at radius 1 is 1.44 bits per heavy atom. The summed E-state index contributed by atoms with van der Waals surface area (Å²) in [5.41, 5.74) is 0. The third-order valence-corrected chi connectivity index (χ3v) is 4.26. The number of hydrogen-bond acceptors (Lipinski definition) is 3. The maximum Gasteiger partial charge on any atom is 0.251 e. The summed E-state index contributed by atoms with van der Waals surface area (Å²) in [7, 11) is -4.05. The summed E-state index contributed by atoms with van der Waals surface area (Å²) < 4.78 is 63.6. The standard InChI is InChI=1S/C9H8ClF3N2O2S/c10-8-7(11)1-6(4-14-8)18(16,17)15-5-2-9(12,13)3-5/h1,4-5,15H,2-3H2. The van der Waals surface area contributed by atoms with Crippen LogP contribution < -0.4 is 4.72 Å². The van der Waals surface area contributed by atoms with Crippen LogP contribution in [0.25, 0.3) is 0 Å². The van der Waals surface area contributed by atoms with Crippen LogP contribution in [0.4, 0.5) is 13.2 Å². The van der Waals surface area contributed by atoms with Crippen LogP contribution in [0.1, 0.15) is 12.8 Å². The van der Waals surface area contributed by atoms with Crippen molar-refractivity contribution in [2.75, 3.05) is 0 Å². The number of alkyl halides is 2. The van der Waals surface area contributed by atoms with Crippen molar-refractivity contribution >= 4 is 21.6 Å². The summed E-state index contributed by atoms with van der Waals surface area (Å²) in [4.78, 5) is 2.90. The number of sulfonamides is 1. The molecule has 2 rings (SSSR count). The summed E-state index contributed by atoms with van der Waals surface area (Å²) in [6.45, 7) is 0. The first kappa shape index (κ1) is 13.6. The summed E-state index contributed by atoms with van der Waals surface area (Å²) in [6, 6.07) is -0.155. The normalized spacial score (nSPS) is 19.6. The molecule has 0 aliphatic heterocycles. The van der Waals surface area contributed by atoms with Crippen molar-refractivity contribution in [1.29, 1.82) is 0 Å². The molecule has 0 unspecified atom stereocenters. The molecular weight excluding hydrogens is 293 g/mol. The molecule has 1 saturated carbocycles. The molecule has 4 nitrogen and oxygen atoms in total. The van der Waals surface area contributed by atoms with Gasteiger partial charge in [0.15, 0.2) is 11.0 Å². The largest absolute Gasteiger partial charge is 0.251 e. The topological polar surface area (TPSA) is 59.1 Å². The van der Waals surface area contributed by atoms with Crippen LogP contribution in [-0.4, -0.2) is 25.4 Å². The smallest absolute Gasteiger partial charge is 0.240 e. The minimum Gasteiger partial charge on any atom is -0.240 e. The number of nitrogens with zero attached hydrogens (tertiary/aromatic N) is 1. The fraction of sp³-hybridized carbons (Fsp3) is 0.444. The lowest BCUT2D eigenvalue weighted by Crippen LogP contribution is -2.50. The highest BCUT2D eigenvalue weighted by Crippen LogP contribution is 2.38. The molecule has 0 aromatic carbocycles. The Balaban J connectivity index is 2.14. The van der Waals surface area contributed by atoms with Crippen LogP contribution in [-0.2, 0) is 10.0 Å². The van der Waals surface area contributed by atoms with Crippen molar-refractivity contribution < 1.29 is 21.6 Å². The highest BCUT2D eigenvalue weighted by Gasteiger charge is 2.46. The van der Waals surface area contributed by atoms with E-state index < -0.39 is 50.7 Å². The van der Waals surface area contributed by atoms with Crippen molar-refractivity contribution in [2.45, 2.75) is 29.7 Å². The molecule has 1 aliphatic carbocycles. The molecule has 1 aromatic heterocycles. The Hall–Kier alpha value is -0.860. The molecule has 100 valence electrons. The molecule has 0 amide bonds. The molecular formula is C9H8ClF3N2O2S. The van der Waals surface area contributed by atoms with Crippen LogP contribution in [0.3, 0.4) is 0 Å². The zero-order valence-corrected chi connectivity index (χ0v) is 10.4. The van der Waals surface area contributed by atoms with Gasteiger partial charge in [-0.25, -0.2) is 31.3 Å². The second-order valence-corrected chi connectivity index (χ2v) is 6.10. The average molecular weight is 301 g/mol. The molecule has 0 radical (unpaired) electrons. The quantitative estimate of drug-likeness (QED) is 0.868. The van der Waals surface area contributed by atoms with Gasteiger partial charge in [0.25, 0.3) is 5.92 Å². The molecule has 1 aromatic rings. The van der Waals surface area contributed by atoms with Gasteiger partial charge in [0.05, 0.1) is 0 Å². The molecule has 1 fully saturated rings. The van der Waals surface area contributed by atoms with E-state index in [2.05, 4.69) is 9.71 Å². The van der Waals surface area contributed by atoms with E-state index in [4.69, 9.17) is 11.6 Å². The fourth-order valence-electron chi connectivity index (χ4n) is 1.58. The molecule has 18 heavy (non-hydrogen) atoms. The van der Waals surface area contributed by atoms with Crippen LogP contribution in [0, 0.1) is 5.82 Å². The third-order valence-electron chi connectivity index (χ3n) is 2.49. The lowest BCUT2D eigenvalue weighted by atomic mass is 9.89. The number of pyridine rings is 1. The summed E-state index contributed by atoms with van der Waals surface area (Å²) >= 11 is 5.31. The maximum atomic E-state index is 13.1. The van der Waals surface area contributed by atoms with Crippen LogP contribution in [0.5, 0.6) is 0 Å². The molecule has 1 N–H and O–H groups in total. The molecule has 0 saturated heterocycles. The van der Waals surface area contributed by atoms with Gasteiger partial charge in [-0.2, -0.15) is 0 Å². The van der Waals surface area contributed by atoms with Crippen LogP contribution in [0.15, 0.2) is 17.2 Å². The first-order valence-corrected chi connectivity index (χ1v) is 6.77. The van der Waals surface area contributed by atoms with Gasteiger partial charge in [-0.05, 0) is 6.07 Å². The van der Waals surface area contributed by atoms with Crippen molar-refractivity contribution in [3.05, 3.63) is 23.2 Å². The van der Waals surface area contributed by atoms with Crippen LogP contribution >= 0.6 is 11.6 Å². The second kappa shape index (κ2) is 4.36. The van der Waals surface area contributed by atoms with Crippen LogP contribution in [0.2, 0.25) is 5.15 Å². The highest BCUT2D eigenvalue weighted by atomic mass is 35.5. The Morgan fingerprint density at radius 3 is 2.56 bits per heavy atom. The third kappa shape index (κ3) is 2.76. The molecule has 9 heteroatoms. The van der Waals surface area contributed by atoms with E-state index in [0.717, 1.165) is 6.20 Å². The van der Waals surface area contributed by atoms with Gasteiger partial charge < -0.3 is 0 Å². The van der Waals surface area contributed by atoms with Crippen molar-refractivity contribution in [1.82, 2.24) is 9.71 Å². The van der Waals surface area contributed by atoms with Gasteiger partial charge in [0.2, 0.25) is 10.0 Å². The number of rotatable bonds is 3. The van der Waals surface area contributed by atoms with Crippen molar-refractivity contribution in [3.63, 3.8) is 0 Å². The van der Waals surface area contributed by atoms with E-state index in [0.29, 0.717) is 6.07 Å². The SMILES string of the molecule is O=S(=O)(NC1CC(F)(F)C1)c1cnc(Cl)c(F)c1. The number of halogens is 4. The molecule has 0 atom stereocenters. The lowest BCUT2D eigenvalue weighted by Gasteiger charge is -2.34. The number of hydrogen-bond donors (Lipinski definition) is 1. The minimum atomic E-state index is -4.05. The first-order valence-electron chi connectivity index (χ1n) is 4.91. The summed E-state index contributed by atoms with van der Waals surface area (Å²) in [5, 5.41) is -0.455. The van der Waals surface area contributed by atoms with E-state index in [1.807, 2.05) is 0 Å². The van der Waals surface area contributed by atoms with Gasteiger partial charge in [0, 0.05) is 25.1 Å². The molecule has 0 spiro atoms. The van der Waals surface area contributed by atoms with E-state index in [-0.39, 0.29) is 0 Å². The zero-order chi connectivity index (χ0) is 13.6. The second-order valence-electron chi connectivity index (χ2n) is 4.03. The molecule has 0 bridgehead atoms.